The minimum absolute atomic E-state index is 0.000994. The highest BCUT2D eigenvalue weighted by atomic mass is 16.6. The van der Waals surface area contributed by atoms with E-state index in [9.17, 15) is 9.59 Å². The van der Waals surface area contributed by atoms with E-state index in [1.165, 1.54) is 0 Å². The molecule has 2 unspecified atom stereocenters. The predicted octanol–water partition coefficient (Wildman–Crippen LogP) is 4.26. The molecule has 22 heavy (non-hydrogen) atoms. The first-order chi connectivity index (χ1) is 10.4. The molecular weight excluding hydrogens is 280 g/mol. The molecule has 128 valence electrons. The zero-order chi connectivity index (χ0) is 16.5. The third kappa shape index (κ3) is 7.28. The molecule has 0 amide bonds. The van der Waals surface area contributed by atoms with Gasteiger partial charge in [-0.3, -0.25) is 9.59 Å². The van der Waals surface area contributed by atoms with Gasteiger partial charge in [0.1, 0.15) is 12.2 Å². The summed E-state index contributed by atoms with van der Waals surface area (Å²) in [6.45, 7) is 8.29. The van der Waals surface area contributed by atoms with Crippen molar-refractivity contribution in [3.63, 3.8) is 0 Å². The molecule has 2 atom stereocenters. The second-order valence-corrected chi connectivity index (χ2v) is 6.81. The van der Waals surface area contributed by atoms with Gasteiger partial charge in [-0.2, -0.15) is 0 Å². The number of hydrogen-bond donors (Lipinski definition) is 0. The smallest absolute Gasteiger partial charge is 0.306 e. The third-order valence-electron chi connectivity index (χ3n) is 4.64. The van der Waals surface area contributed by atoms with E-state index in [0.29, 0.717) is 24.7 Å². The Labute approximate surface area is 134 Å². The van der Waals surface area contributed by atoms with Crippen LogP contribution in [0.15, 0.2) is 0 Å². The standard InChI is InChI=1S/C18H32O4/c1-5-13(3)11-17(19)21-15-7-9-16(10-8-15)22-18(20)12-14(4)6-2/h13-16H,5-12H2,1-4H3. The Balaban J connectivity index is 2.23. The Morgan fingerprint density at radius 2 is 1.14 bits per heavy atom. The molecular formula is C18H32O4. The van der Waals surface area contributed by atoms with Crippen molar-refractivity contribution < 1.29 is 19.1 Å². The third-order valence-corrected chi connectivity index (χ3v) is 4.64. The zero-order valence-electron chi connectivity index (χ0n) is 14.6. The molecule has 1 aliphatic carbocycles. The number of carbonyl (C=O) groups is 2. The van der Waals surface area contributed by atoms with Gasteiger partial charge in [-0.05, 0) is 37.5 Å². The van der Waals surface area contributed by atoms with Crippen molar-refractivity contribution in [2.75, 3.05) is 0 Å². The van der Waals surface area contributed by atoms with Gasteiger partial charge < -0.3 is 9.47 Å². The molecule has 0 aromatic rings. The van der Waals surface area contributed by atoms with E-state index >= 15 is 0 Å². The number of hydrogen-bond acceptors (Lipinski definition) is 4. The van der Waals surface area contributed by atoms with Crippen LogP contribution in [0.25, 0.3) is 0 Å². The zero-order valence-corrected chi connectivity index (χ0v) is 14.6. The molecule has 0 aromatic carbocycles. The molecule has 4 nitrogen and oxygen atoms in total. The summed E-state index contributed by atoms with van der Waals surface area (Å²) in [5, 5.41) is 0. The van der Waals surface area contributed by atoms with E-state index in [1.54, 1.807) is 0 Å². The Morgan fingerprint density at radius 3 is 1.41 bits per heavy atom. The first-order valence-corrected chi connectivity index (χ1v) is 8.83. The Kier molecular flexibility index (Phi) is 8.51. The van der Waals surface area contributed by atoms with Crippen molar-refractivity contribution in [3.05, 3.63) is 0 Å². The highest BCUT2D eigenvalue weighted by Gasteiger charge is 2.26. The van der Waals surface area contributed by atoms with Crippen molar-refractivity contribution in [1.29, 1.82) is 0 Å². The second-order valence-electron chi connectivity index (χ2n) is 6.81. The van der Waals surface area contributed by atoms with E-state index in [-0.39, 0.29) is 24.1 Å². The largest absolute Gasteiger partial charge is 0.462 e. The summed E-state index contributed by atoms with van der Waals surface area (Å²) in [6.07, 6.45) is 6.19. The molecule has 1 fully saturated rings. The predicted molar refractivity (Wildman–Crippen MR) is 86.4 cm³/mol. The van der Waals surface area contributed by atoms with Crippen molar-refractivity contribution >= 4 is 11.9 Å². The van der Waals surface area contributed by atoms with Crippen LogP contribution in [0.4, 0.5) is 0 Å². The van der Waals surface area contributed by atoms with Gasteiger partial charge in [0.2, 0.25) is 0 Å². The van der Waals surface area contributed by atoms with Crippen LogP contribution in [0, 0.1) is 11.8 Å². The van der Waals surface area contributed by atoms with E-state index in [4.69, 9.17) is 9.47 Å². The van der Waals surface area contributed by atoms with Crippen LogP contribution in [0.2, 0.25) is 0 Å². The van der Waals surface area contributed by atoms with E-state index in [0.717, 1.165) is 38.5 Å². The van der Waals surface area contributed by atoms with Crippen molar-refractivity contribution in [3.8, 4) is 0 Å². The lowest BCUT2D eigenvalue weighted by atomic mass is 9.94. The molecule has 0 heterocycles. The average Bonchev–Trinajstić information content (AvgIpc) is 2.48. The minimum Gasteiger partial charge on any atom is -0.462 e. The maximum atomic E-state index is 11.8. The molecule has 1 saturated carbocycles. The van der Waals surface area contributed by atoms with Crippen molar-refractivity contribution in [1.82, 2.24) is 0 Å². The van der Waals surface area contributed by atoms with Gasteiger partial charge in [0, 0.05) is 12.8 Å². The van der Waals surface area contributed by atoms with Gasteiger partial charge in [-0.25, -0.2) is 0 Å². The topological polar surface area (TPSA) is 52.6 Å². The molecule has 0 saturated heterocycles. The van der Waals surface area contributed by atoms with E-state index in [1.807, 2.05) is 0 Å². The van der Waals surface area contributed by atoms with Crippen LogP contribution >= 0.6 is 0 Å². The Hall–Kier alpha value is -1.06. The number of esters is 2. The summed E-state index contributed by atoms with van der Waals surface area (Å²) in [5.74, 6) is 0.578. The van der Waals surface area contributed by atoms with Crippen LogP contribution in [0.3, 0.4) is 0 Å². The molecule has 0 bridgehead atoms. The van der Waals surface area contributed by atoms with Crippen molar-refractivity contribution in [2.24, 2.45) is 11.8 Å². The fourth-order valence-corrected chi connectivity index (χ4v) is 2.59. The lowest BCUT2D eigenvalue weighted by Crippen LogP contribution is -2.30. The molecule has 1 aliphatic rings. The van der Waals surface area contributed by atoms with Crippen molar-refractivity contribution in [2.45, 2.75) is 91.3 Å². The normalized spacial score (nSPS) is 24.4. The first kappa shape index (κ1) is 19.0. The average molecular weight is 312 g/mol. The van der Waals surface area contributed by atoms with Crippen LogP contribution in [-0.2, 0) is 19.1 Å². The molecule has 0 aromatic heterocycles. The SMILES string of the molecule is CCC(C)CC(=O)OC1CCC(OC(=O)CC(C)CC)CC1. The van der Waals surface area contributed by atoms with Gasteiger partial charge in [0.15, 0.2) is 0 Å². The van der Waals surface area contributed by atoms with Gasteiger partial charge in [-0.15, -0.1) is 0 Å². The van der Waals surface area contributed by atoms with Gasteiger partial charge in [0.05, 0.1) is 0 Å². The van der Waals surface area contributed by atoms with Gasteiger partial charge in [0.25, 0.3) is 0 Å². The maximum absolute atomic E-state index is 11.8. The summed E-state index contributed by atoms with van der Waals surface area (Å²) < 4.78 is 11.0. The van der Waals surface area contributed by atoms with Gasteiger partial charge >= 0.3 is 11.9 Å². The number of carbonyl (C=O) groups excluding carboxylic acids is 2. The summed E-state index contributed by atoms with van der Waals surface area (Å²) in [4.78, 5) is 23.6. The number of rotatable bonds is 8. The summed E-state index contributed by atoms with van der Waals surface area (Å²) in [7, 11) is 0. The molecule has 0 N–H and O–H groups in total. The summed E-state index contributed by atoms with van der Waals surface area (Å²) in [5.41, 5.74) is 0. The lowest BCUT2D eigenvalue weighted by Gasteiger charge is -2.28. The van der Waals surface area contributed by atoms with Crippen LogP contribution < -0.4 is 0 Å². The molecule has 4 heteroatoms. The Morgan fingerprint density at radius 1 is 0.818 bits per heavy atom. The van der Waals surface area contributed by atoms with Crippen LogP contribution in [-0.4, -0.2) is 24.1 Å². The maximum Gasteiger partial charge on any atom is 0.306 e. The van der Waals surface area contributed by atoms with Crippen LogP contribution in [0.1, 0.15) is 79.1 Å². The summed E-state index contributed by atoms with van der Waals surface area (Å²) in [6, 6.07) is 0. The quantitative estimate of drug-likeness (QED) is 0.628. The molecule has 1 rings (SSSR count). The second kappa shape index (κ2) is 9.86. The fourth-order valence-electron chi connectivity index (χ4n) is 2.59. The molecule has 0 aliphatic heterocycles. The Bertz CT molecular complexity index is 311. The number of ether oxygens (including phenoxy) is 2. The molecule has 0 spiro atoms. The van der Waals surface area contributed by atoms with E-state index in [2.05, 4.69) is 27.7 Å². The van der Waals surface area contributed by atoms with E-state index < -0.39 is 0 Å². The monoisotopic (exact) mass is 312 g/mol. The van der Waals surface area contributed by atoms with Gasteiger partial charge in [-0.1, -0.05) is 40.5 Å². The lowest BCUT2D eigenvalue weighted by molar-refractivity contribution is -0.159. The highest BCUT2D eigenvalue weighted by molar-refractivity contribution is 5.70. The minimum atomic E-state index is -0.0911. The fraction of sp³-hybridized carbons (Fsp3) is 0.889. The highest BCUT2D eigenvalue weighted by Crippen LogP contribution is 2.25. The van der Waals surface area contributed by atoms with Crippen LogP contribution in [0.5, 0.6) is 0 Å². The molecule has 0 radical (unpaired) electrons. The first-order valence-electron chi connectivity index (χ1n) is 8.83. The summed E-state index contributed by atoms with van der Waals surface area (Å²) >= 11 is 0.